The van der Waals surface area contributed by atoms with Crippen LogP contribution in [0.5, 0.6) is 0 Å². The number of hydrogen-bond acceptors (Lipinski definition) is 1. The first-order valence-electron chi connectivity index (χ1n) is 17.3. The molecule has 0 heterocycles. The standard InChI is InChI=1S/C39H61NSi/c1-25-20-26-21-29-30-23-33-34(38(7,8)19-18-37(33,5)6)24-32(30)39(9,10)31(29)22-28(26)35(25)41(11,12)40(36(2,3)4)27-16-14-13-15-17-27/h21-28,35H,13-20H2,1-12H3. The van der Waals surface area contributed by atoms with Crippen LogP contribution in [0.15, 0.2) is 29.9 Å². The molecule has 4 unspecified atom stereocenters. The molecule has 2 saturated carbocycles. The Morgan fingerprint density at radius 1 is 0.805 bits per heavy atom. The molecule has 41 heavy (non-hydrogen) atoms. The molecule has 0 spiro atoms. The second-order valence-electron chi connectivity index (χ2n) is 18.5. The van der Waals surface area contributed by atoms with Gasteiger partial charge in [0.1, 0.15) is 8.24 Å². The Hall–Kier alpha value is -1.12. The van der Waals surface area contributed by atoms with Crippen molar-refractivity contribution < 1.29 is 0 Å². The summed E-state index contributed by atoms with van der Waals surface area (Å²) in [4.78, 5) is 0. The highest BCUT2D eigenvalue weighted by Crippen LogP contribution is 2.62. The van der Waals surface area contributed by atoms with Crippen LogP contribution in [0.4, 0.5) is 0 Å². The van der Waals surface area contributed by atoms with Crippen molar-refractivity contribution in [2.75, 3.05) is 0 Å². The van der Waals surface area contributed by atoms with Crippen molar-refractivity contribution in [3.63, 3.8) is 0 Å². The van der Waals surface area contributed by atoms with Crippen LogP contribution in [0.25, 0.3) is 5.57 Å². The van der Waals surface area contributed by atoms with E-state index in [1.165, 1.54) is 51.4 Å². The predicted molar refractivity (Wildman–Crippen MR) is 181 cm³/mol. The Morgan fingerprint density at radius 2 is 1.39 bits per heavy atom. The molecule has 6 rings (SSSR count). The Balaban J connectivity index is 1.43. The van der Waals surface area contributed by atoms with Crippen LogP contribution < -0.4 is 0 Å². The predicted octanol–water partition coefficient (Wildman–Crippen LogP) is 10.9. The highest BCUT2D eigenvalue weighted by atomic mass is 28.3. The SMILES string of the molecule is CC1CC2C=C3C(=CC2C1[Si](C)(C)N(C1CCCCC1)C(C)(C)C)C(C)(C)c1cc2c(cc13)C(C)(C)CCC2(C)C. The summed E-state index contributed by atoms with van der Waals surface area (Å²) in [6, 6.07) is 6.12. The topological polar surface area (TPSA) is 3.24 Å². The first-order valence-corrected chi connectivity index (χ1v) is 20.3. The van der Waals surface area contributed by atoms with Crippen LogP contribution in [0.3, 0.4) is 0 Å². The van der Waals surface area contributed by atoms with E-state index in [2.05, 4.69) is 111 Å². The lowest BCUT2D eigenvalue weighted by Gasteiger charge is -2.56. The maximum Gasteiger partial charge on any atom is 0.127 e. The monoisotopic (exact) mass is 571 g/mol. The van der Waals surface area contributed by atoms with Gasteiger partial charge in [-0.2, -0.15) is 0 Å². The average molecular weight is 572 g/mol. The second kappa shape index (κ2) is 9.44. The van der Waals surface area contributed by atoms with E-state index in [1.807, 2.05) is 0 Å². The van der Waals surface area contributed by atoms with Gasteiger partial charge in [0.25, 0.3) is 0 Å². The van der Waals surface area contributed by atoms with Crippen LogP contribution in [0, 0.1) is 17.8 Å². The lowest BCUT2D eigenvalue weighted by atomic mass is 9.62. The van der Waals surface area contributed by atoms with Gasteiger partial charge >= 0.3 is 0 Å². The molecular formula is C39H61NSi. The number of nitrogens with zero attached hydrogens (tertiary/aromatic N) is 1. The number of benzene rings is 1. The fraction of sp³-hybridized carbons (Fsp3) is 0.744. The zero-order valence-electron chi connectivity index (χ0n) is 28.8. The summed E-state index contributed by atoms with van der Waals surface area (Å²) in [5.41, 5.74) is 11.3. The molecule has 0 aliphatic heterocycles. The van der Waals surface area contributed by atoms with Crippen LogP contribution in [0.1, 0.15) is 143 Å². The minimum atomic E-state index is -1.76. The molecule has 2 heteroatoms. The molecule has 0 amide bonds. The van der Waals surface area contributed by atoms with Gasteiger partial charge in [-0.3, -0.25) is 0 Å². The summed E-state index contributed by atoms with van der Waals surface area (Å²) in [7, 11) is -1.76. The van der Waals surface area contributed by atoms with Gasteiger partial charge in [0, 0.05) is 17.0 Å². The van der Waals surface area contributed by atoms with Gasteiger partial charge in [-0.15, -0.1) is 0 Å². The quantitative estimate of drug-likeness (QED) is 0.326. The molecule has 0 N–H and O–H groups in total. The van der Waals surface area contributed by atoms with Crippen LogP contribution in [-0.2, 0) is 16.2 Å². The summed E-state index contributed by atoms with van der Waals surface area (Å²) in [6.07, 6.45) is 16.7. The van der Waals surface area contributed by atoms with Gasteiger partial charge < -0.3 is 4.57 Å². The van der Waals surface area contributed by atoms with Gasteiger partial charge in [0.15, 0.2) is 0 Å². The maximum absolute atomic E-state index is 3.15. The molecule has 5 aliphatic carbocycles. The molecular weight excluding hydrogens is 511 g/mol. The van der Waals surface area contributed by atoms with Crippen molar-refractivity contribution in [1.82, 2.24) is 4.57 Å². The molecule has 1 nitrogen and oxygen atoms in total. The Kier molecular flexibility index (Phi) is 6.89. The van der Waals surface area contributed by atoms with E-state index in [0.29, 0.717) is 11.8 Å². The van der Waals surface area contributed by atoms with E-state index >= 15 is 0 Å². The minimum absolute atomic E-state index is 0.0774. The third-order valence-electron chi connectivity index (χ3n) is 12.9. The second-order valence-corrected chi connectivity index (χ2v) is 22.9. The minimum Gasteiger partial charge on any atom is -0.316 e. The molecule has 2 fully saturated rings. The molecule has 226 valence electrons. The van der Waals surface area contributed by atoms with Gasteiger partial charge in [0.2, 0.25) is 0 Å². The van der Waals surface area contributed by atoms with Crippen molar-refractivity contribution >= 4 is 13.8 Å². The van der Waals surface area contributed by atoms with Crippen molar-refractivity contribution in [2.24, 2.45) is 17.8 Å². The molecule has 0 saturated heterocycles. The lowest BCUT2D eigenvalue weighted by Crippen LogP contribution is -2.65. The highest BCUT2D eigenvalue weighted by molar-refractivity contribution is 6.76. The molecule has 0 bridgehead atoms. The zero-order chi connectivity index (χ0) is 29.9. The zero-order valence-corrected chi connectivity index (χ0v) is 29.8. The number of allylic oxidation sites excluding steroid dienone is 4. The third kappa shape index (κ3) is 4.54. The van der Waals surface area contributed by atoms with Crippen LogP contribution in [0.2, 0.25) is 18.6 Å². The van der Waals surface area contributed by atoms with Crippen molar-refractivity contribution in [1.29, 1.82) is 0 Å². The van der Waals surface area contributed by atoms with E-state index < -0.39 is 8.24 Å². The van der Waals surface area contributed by atoms with E-state index in [1.54, 1.807) is 33.4 Å². The normalized spacial score (nSPS) is 32.1. The highest BCUT2D eigenvalue weighted by Gasteiger charge is 2.56. The average Bonchev–Trinajstić information content (AvgIpc) is 3.30. The van der Waals surface area contributed by atoms with Gasteiger partial charge in [0.05, 0.1) is 0 Å². The fourth-order valence-electron chi connectivity index (χ4n) is 11.2. The largest absolute Gasteiger partial charge is 0.316 e. The van der Waals surface area contributed by atoms with E-state index in [0.717, 1.165) is 17.5 Å². The van der Waals surface area contributed by atoms with Crippen LogP contribution >= 0.6 is 0 Å². The fourth-order valence-corrected chi connectivity index (χ4v) is 17.3. The molecule has 0 radical (unpaired) electrons. The third-order valence-corrected chi connectivity index (χ3v) is 17.8. The molecule has 0 aromatic heterocycles. The molecule has 5 aliphatic rings. The Labute approximate surface area is 254 Å². The van der Waals surface area contributed by atoms with Gasteiger partial charge in [-0.05, 0) is 120 Å². The van der Waals surface area contributed by atoms with E-state index in [-0.39, 0.29) is 21.8 Å². The van der Waals surface area contributed by atoms with E-state index in [9.17, 15) is 0 Å². The molecule has 4 atom stereocenters. The Morgan fingerprint density at radius 3 is 1.98 bits per heavy atom. The summed E-state index contributed by atoms with van der Waals surface area (Å²) in [6.45, 7) is 30.7. The van der Waals surface area contributed by atoms with Crippen molar-refractivity contribution in [3.8, 4) is 0 Å². The van der Waals surface area contributed by atoms with E-state index in [4.69, 9.17) is 0 Å². The first-order chi connectivity index (χ1) is 18.9. The van der Waals surface area contributed by atoms with Gasteiger partial charge in [-0.1, -0.05) is 105 Å². The summed E-state index contributed by atoms with van der Waals surface area (Å²) >= 11 is 0. The van der Waals surface area contributed by atoms with Crippen molar-refractivity contribution in [2.45, 2.75) is 167 Å². The summed E-state index contributed by atoms with van der Waals surface area (Å²) in [5, 5.41) is 0. The number of rotatable bonds is 3. The van der Waals surface area contributed by atoms with Gasteiger partial charge in [-0.25, -0.2) is 0 Å². The summed E-state index contributed by atoms with van der Waals surface area (Å²) in [5.74, 6) is 2.17. The van der Waals surface area contributed by atoms with Crippen LogP contribution in [-0.4, -0.2) is 24.4 Å². The lowest BCUT2D eigenvalue weighted by molar-refractivity contribution is 0.139. The summed E-state index contributed by atoms with van der Waals surface area (Å²) < 4.78 is 3.15. The maximum atomic E-state index is 3.15. The number of hydrogen-bond donors (Lipinski definition) is 0. The first kappa shape index (κ1) is 29.9. The van der Waals surface area contributed by atoms with Crippen molar-refractivity contribution in [3.05, 3.63) is 52.1 Å². The number of fused-ring (bicyclic) bond motifs is 5. The smallest absolute Gasteiger partial charge is 0.127 e. The molecule has 1 aromatic rings. The Bertz CT molecular complexity index is 1280. The molecule has 1 aromatic carbocycles.